The highest BCUT2D eigenvalue weighted by Crippen LogP contribution is 2.36. The standard InChI is InChI=1S/C30H35N7O2/c1-17(2)21-12-13-31-23(15-21)29-34-26-25(37(29)16-20-10-8-18(3)9-11-20)24(22-7-5-6-19(4)14-22)32-27(33-26)28-35-30(38)39-36-28/h5-7,12-15,17-18,20,28,36H,8-11,16H2,1-4H3,(H,35,38). The Morgan fingerprint density at radius 1 is 1.08 bits per heavy atom. The third-order valence-corrected chi connectivity index (χ3v) is 7.96. The third-order valence-electron chi connectivity index (χ3n) is 7.96. The van der Waals surface area contributed by atoms with Gasteiger partial charge in [-0.3, -0.25) is 10.3 Å². The first-order chi connectivity index (χ1) is 18.9. The smallest absolute Gasteiger partial charge is 0.351 e. The Kier molecular flexibility index (Phi) is 6.76. The van der Waals surface area contributed by atoms with Gasteiger partial charge in [0.25, 0.3) is 0 Å². The van der Waals surface area contributed by atoms with E-state index in [4.69, 9.17) is 24.8 Å². The van der Waals surface area contributed by atoms with Gasteiger partial charge in [0.1, 0.15) is 16.9 Å². The molecular formula is C30H35N7O2. The molecule has 0 radical (unpaired) electrons. The predicted molar refractivity (Wildman–Crippen MR) is 149 cm³/mol. The topological polar surface area (TPSA) is 107 Å². The first kappa shape index (κ1) is 25.4. The second-order valence-corrected chi connectivity index (χ2v) is 11.4. The lowest BCUT2D eigenvalue weighted by atomic mass is 9.83. The van der Waals surface area contributed by atoms with Crippen molar-refractivity contribution >= 4 is 17.3 Å². The molecule has 1 saturated heterocycles. The van der Waals surface area contributed by atoms with Crippen molar-refractivity contribution < 1.29 is 9.63 Å². The van der Waals surface area contributed by atoms with Gasteiger partial charge < -0.3 is 9.40 Å². The lowest BCUT2D eigenvalue weighted by Gasteiger charge is -2.27. The number of carbonyl (C=O) groups excluding carboxylic acids is 1. The molecule has 1 saturated carbocycles. The molecule has 9 nitrogen and oxygen atoms in total. The average Bonchev–Trinajstić information content (AvgIpc) is 3.53. The highest BCUT2D eigenvalue weighted by Gasteiger charge is 2.30. The molecule has 1 aromatic carbocycles. The molecule has 1 atom stereocenters. The van der Waals surface area contributed by atoms with Crippen LogP contribution in [-0.4, -0.2) is 30.6 Å². The number of aryl methyl sites for hydroxylation is 1. The lowest BCUT2D eigenvalue weighted by molar-refractivity contribution is 0.120. The zero-order valence-corrected chi connectivity index (χ0v) is 22.9. The summed E-state index contributed by atoms with van der Waals surface area (Å²) in [6.07, 6.45) is 5.50. The zero-order chi connectivity index (χ0) is 27.1. The van der Waals surface area contributed by atoms with Gasteiger partial charge in [0.2, 0.25) is 0 Å². The van der Waals surface area contributed by atoms with E-state index in [1.54, 1.807) is 0 Å². The largest absolute Gasteiger partial charge is 0.427 e. The number of fused-ring (bicyclic) bond motifs is 1. The van der Waals surface area contributed by atoms with Crippen molar-refractivity contribution in [3.8, 4) is 22.8 Å². The highest BCUT2D eigenvalue weighted by atomic mass is 16.7. The van der Waals surface area contributed by atoms with E-state index >= 15 is 0 Å². The first-order valence-corrected chi connectivity index (χ1v) is 13.9. The molecule has 1 unspecified atom stereocenters. The summed E-state index contributed by atoms with van der Waals surface area (Å²) < 4.78 is 2.29. The number of imidazole rings is 1. The Hall–Kier alpha value is -3.85. The van der Waals surface area contributed by atoms with Gasteiger partial charge in [-0.2, -0.15) is 0 Å². The van der Waals surface area contributed by atoms with Crippen molar-refractivity contribution in [1.29, 1.82) is 0 Å². The van der Waals surface area contributed by atoms with E-state index in [9.17, 15) is 4.79 Å². The van der Waals surface area contributed by atoms with E-state index < -0.39 is 12.3 Å². The minimum atomic E-state index is -0.665. The summed E-state index contributed by atoms with van der Waals surface area (Å²) in [5.74, 6) is 2.88. The Morgan fingerprint density at radius 2 is 1.90 bits per heavy atom. The number of pyridine rings is 1. The summed E-state index contributed by atoms with van der Waals surface area (Å²) in [7, 11) is 0. The average molecular weight is 526 g/mol. The molecule has 6 rings (SSSR count). The Bertz CT molecular complexity index is 1520. The van der Waals surface area contributed by atoms with Gasteiger partial charge in [0.15, 0.2) is 23.5 Å². The van der Waals surface area contributed by atoms with Gasteiger partial charge >= 0.3 is 6.09 Å². The van der Waals surface area contributed by atoms with Gasteiger partial charge in [0, 0.05) is 18.3 Å². The molecule has 2 N–H and O–H groups in total. The van der Waals surface area contributed by atoms with E-state index in [0.717, 1.165) is 46.3 Å². The van der Waals surface area contributed by atoms with E-state index in [0.29, 0.717) is 23.3 Å². The number of hydrogen-bond donors (Lipinski definition) is 2. The summed E-state index contributed by atoms with van der Waals surface area (Å²) in [6.45, 7) is 9.62. The normalized spacial score (nSPS) is 21.4. The first-order valence-electron chi connectivity index (χ1n) is 13.9. The number of rotatable bonds is 6. The van der Waals surface area contributed by atoms with E-state index in [1.807, 2.05) is 12.3 Å². The van der Waals surface area contributed by atoms with Gasteiger partial charge in [0.05, 0.1) is 0 Å². The number of nitrogens with zero attached hydrogens (tertiary/aromatic N) is 5. The van der Waals surface area contributed by atoms with Gasteiger partial charge in [-0.1, -0.05) is 57.4 Å². The fourth-order valence-electron chi connectivity index (χ4n) is 5.65. The van der Waals surface area contributed by atoms with Crippen LogP contribution < -0.4 is 10.8 Å². The van der Waals surface area contributed by atoms with Crippen molar-refractivity contribution in [3.05, 3.63) is 59.5 Å². The van der Waals surface area contributed by atoms with Crippen molar-refractivity contribution in [2.45, 2.75) is 72.0 Å². The summed E-state index contributed by atoms with van der Waals surface area (Å²) in [4.78, 5) is 36.4. The summed E-state index contributed by atoms with van der Waals surface area (Å²) >= 11 is 0. The molecule has 202 valence electrons. The van der Waals surface area contributed by atoms with Crippen LogP contribution in [0.4, 0.5) is 4.79 Å². The minimum Gasteiger partial charge on any atom is -0.351 e. The van der Waals surface area contributed by atoms with Crippen LogP contribution in [0, 0.1) is 18.8 Å². The number of hydroxylamine groups is 1. The number of carbonyl (C=O) groups is 1. The SMILES string of the molecule is Cc1cccc(-c2nc(C3NOC(=O)N3)nc3nc(-c4cc(C(C)C)ccn4)n(CC4CCC(C)CC4)c23)c1. The molecule has 2 aliphatic rings. The number of aromatic nitrogens is 5. The van der Waals surface area contributed by atoms with Gasteiger partial charge in [-0.15, -0.1) is 5.48 Å². The van der Waals surface area contributed by atoms with Gasteiger partial charge in [-0.05, 0) is 61.3 Å². The highest BCUT2D eigenvalue weighted by molar-refractivity contribution is 5.90. The quantitative estimate of drug-likeness (QED) is 0.315. The summed E-state index contributed by atoms with van der Waals surface area (Å²) in [6, 6.07) is 12.5. The van der Waals surface area contributed by atoms with Crippen LogP contribution >= 0.6 is 0 Å². The Morgan fingerprint density at radius 3 is 2.62 bits per heavy atom. The third kappa shape index (κ3) is 5.11. The van der Waals surface area contributed by atoms with Crippen LogP contribution in [0.1, 0.15) is 75.5 Å². The molecule has 39 heavy (non-hydrogen) atoms. The van der Waals surface area contributed by atoms with Crippen LogP contribution in [0.15, 0.2) is 42.6 Å². The van der Waals surface area contributed by atoms with Crippen molar-refractivity contribution in [2.24, 2.45) is 11.8 Å². The van der Waals surface area contributed by atoms with Crippen molar-refractivity contribution in [3.63, 3.8) is 0 Å². The zero-order valence-electron chi connectivity index (χ0n) is 22.9. The number of benzene rings is 1. The van der Waals surface area contributed by atoms with Crippen LogP contribution in [0.25, 0.3) is 33.9 Å². The Labute approximate surface area is 228 Å². The molecule has 3 aromatic heterocycles. The number of nitrogens with one attached hydrogen (secondary N) is 2. The van der Waals surface area contributed by atoms with Crippen LogP contribution in [0.5, 0.6) is 0 Å². The second-order valence-electron chi connectivity index (χ2n) is 11.4. The second kappa shape index (κ2) is 10.4. The molecule has 0 bridgehead atoms. The molecular weight excluding hydrogens is 490 g/mol. The van der Waals surface area contributed by atoms with Crippen molar-refractivity contribution in [1.82, 2.24) is 35.3 Å². The lowest BCUT2D eigenvalue weighted by Crippen LogP contribution is -2.25. The maximum Gasteiger partial charge on any atom is 0.427 e. The molecule has 4 heterocycles. The van der Waals surface area contributed by atoms with Crippen LogP contribution in [-0.2, 0) is 11.4 Å². The minimum absolute atomic E-state index is 0.371. The monoisotopic (exact) mass is 525 g/mol. The molecule has 1 amide bonds. The fourth-order valence-corrected chi connectivity index (χ4v) is 5.65. The van der Waals surface area contributed by atoms with Gasteiger partial charge in [-0.25, -0.2) is 19.7 Å². The predicted octanol–water partition coefficient (Wildman–Crippen LogP) is 6.06. The Balaban J connectivity index is 1.58. The maximum absolute atomic E-state index is 11.8. The number of amides is 1. The van der Waals surface area contributed by atoms with Crippen LogP contribution in [0.2, 0.25) is 0 Å². The van der Waals surface area contributed by atoms with E-state index in [2.05, 4.69) is 73.4 Å². The summed E-state index contributed by atoms with van der Waals surface area (Å²) in [5.41, 5.74) is 9.09. The van der Waals surface area contributed by atoms with Crippen LogP contribution in [0.3, 0.4) is 0 Å². The molecule has 1 aliphatic carbocycles. The molecule has 0 spiro atoms. The summed E-state index contributed by atoms with van der Waals surface area (Å²) in [5, 5.41) is 2.72. The number of hydrogen-bond acceptors (Lipinski definition) is 7. The molecule has 2 fully saturated rings. The van der Waals surface area contributed by atoms with Crippen molar-refractivity contribution in [2.75, 3.05) is 0 Å². The van der Waals surface area contributed by atoms with E-state index in [-0.39, 0.29) is 0 Å². The fraction of sp³-hybridized carbons (Fsp3) is 0.433. The molecule has 1 aliphatic heterocycles. The maximum atomic E-state index is 11.8. The molecule has 9 heteroatoms. The molecule has 4 aromatic rings. The van der Waals surface area contributed by atoms with E-state index in [1.165, 1.54) is 31.2 Å².